The van der Waals surface area contributed by atoms with Crippen LogP contribution in [0.1, 0.15) is 17.5 Å². The zero-order chi connectivity index (χ0) is 12.0. The molecule has 1 aliphatic heterocycles. The number of aryl methyl sites for hydroxylation is 1. The predicted octanol–water partition coefficient (Wildman–Crippen LogP) is 1.90. The fourth-order valence-electron chi connectivity index (χ4n) is 2.98. The molecule has 1 saturated carbocycles. The Hall–Kier alpha value is -1.35. The molecule has 0 radical (unpaired) electrons. The van der Waals surface area contributed by atoms with E-state index in [0.29, 0.717) is 11.8 Å². The molecule has 3 unspecified atom stereocenters. The van der Waals surface area contributed by atoms with Gasteiger partial charge in [-0.05, 0) is 30.7 Å². The predicted molar refractivity (Wildman–Crippen MR) is 64.6 cm³/mol. The van der Waals surface area contributed by atoms with Crippen LogP contribution in [-0.2, 0) is 11.3 Å². The topological polar surface area (TPSA) is 40.5 Å². The van der Waals surface area contributed by atoms with E-state index >= 15 is 0 Å². The van der Waals surface area contributed by atoms with Crippen molar-refractivity contribution in [1.82, 2.24) is 4.90 Å². The van der Waals surface area contributed by atoms with Crippen molar-refractivity contribution in [3.8, 4) is 0 Å². The molecule has 1 aromatic carbocycles. The molecule has 1 saturated heterocycles. The van der Waals surface area contributed by atoms with Gasteiger partial charge in [-0.15, -0.1) is 0 Å². The zero-order valence-corrected chi connectivity index (χ0v) is 9.97. The van der Waals surface area contributed by atoms with Crippen LogP contribution in [0.25, 0.3) is 0 Å². The summed E-state index contributed by atoms with van der Waals surface area (Å²) >= 11 is 0. The average Bonchev–Trinajstić information content (AvgIpc) is 2.93. The Kier molecular flexibility index (Phi) is 2.44. The van der Waals surface area contributed by atoms with Crippen molar-refractivity contribution < 1.29 is 9.90 Å². The summed E-state index contributed by atoms with van der Waals surface area (Å²) < 4.78 is 0. The summed E-state index contributed by atoms with van der Waals surface area (Å²) in [4.78, 5) is 13.4. The lowest BCUT2D eigenvalue weighted by Gasteiger charge is -2.24. The summed E-state index contributed by atoms with van der Waals surface area (Å²) in [5.41, 5.74) is 2.45. The molecule has 0 amide bonds. The lowest BCUT2D eigenvalue weighted by molar-refractivity contribution is -0.143. The maximum Gasteiger partial charge on any atom is 0.321 e. The first-order valence-electron chi connectivity index (χ1n) is 6.17. The summed E-state index contributed by atoms with van der Waals surface area (Å²) in [5.74, 6) is 0.404. The van der Waals surface area contributed by atoms with Gasteiger partial charge in [-0.2, -0.15) is 0 Å². The van der Waals surface area contributed by atoms with E-state index in [4.69, 9.17) is 0 Å². The van der Waals surface area contributed by atoms with Crippen molar-refractivity contribution in [2.24, 2.45) is 11.8 Å². The van der Waals surface area contributed by atoms with Gasteiger partial charge in [-0.25, -0.2) is 0 Å². The lowest BCUT2D eigenvalue weighted by Crippen LogP contribution is -2.38. The van der Waals surface area contributed by atoms with Crippen LogP contribution in [-0.4, -0.2) is 28.6 Å². The Balaban J connectivity index is 1.73. The highest BCUT2D eigenvalue weighted by atomic mass is 16.4. The minimum absolute atomic E-state index is 0.249. The Morgan fingerprint density at radius 3 is 2.76 bits per heavy atom. The van der Waals surface area contributed by atoms with Crippen molar-refractivity contribution in [1.29, 1.82) is 0 Å². The molecule has 1 heterocycles. The third-order valence-electron chi connectivity index (χ3n) is 4.00. The maximum absolute atomic E-state index is 11.3. The molecule has 1 aromatic rings. The summed E-state index contributed by atoms with van der Waals surface area (Å²) in [5, 5.41) is 9.26. The fourth-order valence-corrected chi connectivity index (χ4v) is 2.98. The minimum atomic E-state index is -0.651. The van der Waals surface area contributed by atoms with Crippen molar-refractivity contribution >= 4 is 5.97 Å². The number of carbonyl (C=O) groups is 1. The van der Waals surface area contributed by atoms with Crippen LogP contribution in [0.4, 0.5) is 0 Å². The van der Waals surface area contributed by atoms with Crippen LogP contribution >= 0.6 is 0 Å². The number of benzene rings is 1. The van der Waals surface area contributed by atoms with Gasteiger partial charge in [0.25, 0.3) is 0 Å². The molecule has 2 aliphatic rings. The van der Waals surface area contributed by atoms with E-state index in [2.05, 4.69) is 36.1 Å². The number of aliphatic carboxylic acids is 1. The molecule has 3 atom stereocenters. The summed E-state index contributed by atoms with van der Waals surface area (Å²) in [6.45, 7) is 3.79. The number of hydrogen-bond donors (Lipinski definition) is 1. The SMILES string of the molecule is Cc1ccc(CN2CC3CC3C2C(=O)O)cc1. The molecule has 1 aliphatic carbocycles. The van der Waals surface area contributed by atoms with Gasteiger partial charge in [-0.1, -0.05) is 29.8 Å². The molecular formula is C14H17NO2. The second-order valence-electron chi connectivity index (χ2n) is 5.36. The largest absolute Gasteiger partial charge is 0.480 e. The normalized spacial score (nSPS) is 31.2. The number of likely N-dealkylation sites (tertiary alicyclic amines) is 1. The van der Waals surface area contributed by atoms with Crippen molar-refractivity contribution in [2.45, 2.75) is 25.9 Å². The standard InChI is InChI=1S/C14H17NO2/c1-9-2-4-10(5-3-9)7-15-8-11-6-12(11)13(15)14(16)17/h2-5,11-13H,6-8H2,1H3,(H,16,17). The Morgan fingerprint density at radius 2 is 2.12 bits per heavy atom. The van der Waals surface area contributed by atoms with Gasteiger partial charge in [-0.3, -0.25) is 9.69 Å². The van der Waals surface area contributed by atoms with E-state index in [9.17, 15) is 9.90 Å². The van der Waals surface area contributed by atoms with E-state index in [0.717, 1.165) is 19.5 Å². The maximum atomic E-state index is 11.3. The lowest BCUT2D eigenvalue weighted by atomic mass is 10.1. The van der Waals surface area contributed by atoms with E-state index in [1.54, 1.807) is 0 Å². The molecule has 17 heavy (non-hydrogen) atoms. The zero-order valence-electron chi connectivity index (χ0n) is 9.97. The van der Waals surface area contributed by atoms with Gasteiger partial charge < -0.3 is 5.11 Å². The molecule has 0 aromatic heterocycles. The van der Waals surface area contributed by atoms with Crippen LogP contribution in [0.2, 0.25) is 0 Å². The highest BCUT2D eigenvalue weighted by Crippen LogP contribution is 2.49. The molecule has 3 nitrogen and oxygen atoms in total. The van der Waals surface area contributed by atoms with Crippen molar-refractivity contribution in [3.05, 3.63) is 35.4 Å². The summed E-state index contributed by atoms with van der Waals surface area (Å²) in [7, 11) is 0. The van der Waals surface area contributed by atoms with Crippen LogP contribution in [0.15, 0.2) is 24.3 Å². The van der Waals surface area contributed by atoms with Gasteiger partial charge in [0.15, 0.2) is 0 Å². The molecule has 3 heteroatoms. The number of hydrogen-bond acceptors (Lipinski definition) is 2. The summed E-state index contributed by atoms with van der Waals surface area (Å²) in [6, 6.07) is 8.11. The number of piperidine rings is 1. The monoisotopic (exact) mass is 231 g/mol. The first kappa shape index (κ1) is 10.8. The second-order valence-corrected chi connectivity index (χ2v) is 5.36. The average molecular weight is 231 g/mol. The Morgan fingerprint density at radius 1 is 1.41 bits per heavy atom. The summed E-state index contributed by atoms with van der Waals surface area (Å²) in [6.07, 6.45) is 1.11. The molecule has 90 valence electrons. The van der Waals surface area contributed by atoms with Crippen molar-refractivity contribution in [3.63, 3.8) is 0 Å². The second kappa shape index (κ2) is 3.84. The molecule has 0 spiro atoms. The third-order valence-corrected chi connectivity index (χ3v) is 4.00. The Bertz CT molecular complexity index is 440. The van der Waals surface area contributed by atoms with Crippen LogP contribution in [0.3, 0.4) is 0 Å². The molecule has 2 fully saturated rings. The van der Waals surface area contributed by atoms with E-state index in [1.165, 1.54) is 11.1 Å². The molecule has 1 N–H and O–H groups in total. The fraction of sp³-hybridized carbons (Fsp3) is 0.500. The number of nitrogens with zero attached hydrogens (tertiary/aromatic N) is 1. The quantitative estimate of drug-likeness (QED) is 0.863. The van der Waals surface area contributed by atoms with Crippen LogP contribution in [0, 0.1) is 18.8 Å². The van der Waals surface area contributed by atoms with Gasteiger partial charge in [0, 0.05) is 13.1 Å². The number of carboxylic acid groups (broad SMARTS) is 1. The van der Waals surface area contributed by atoms with Crippen LogP contribution in [0.5, 0.6) is 0 Å². The van der Waals surface area contributed by atoms with Gasteiger partial charge in [0.2, 0.25) is 0 Å². The Labute approximate surface area is 101 Å². The third kappa shape index (κ3) is 1.95. The smallest absolute Gasteiger partial charge is 0.321 e. The highest BCUT2D eigenvalue weighted by Gasteiger charge is 2.55. The first-order chi connectivity index (χ1) is 8.15. The van der Waals surface area contributed by atoms with E-state index in [-0.39, 0.29) is 6.04 Å². The first-order valence-corrected chi connectivity index (χ1v) is 6.17. The molecule has 0 bridgehead atoms. The molecule has 3 rings (SSSR count). The van der Waals surface area contributed by atoms with Gasteiger partial charge in [0.1, 0.15) is 6.04 Å². The molecular weight excluding hydrogens is 214 g/mol. The number of carboxylic acids is 1. The minimum Gasteiger partial charge on any atom is -0.480 e. The van der Waals surface area contributed by atoms with E-state index < -0.39 is 5.97 Å². The number of rotatable bonds is 3. The number of fused-ring (bicyclic) bond motifs is 1. The van der Waals surface area contributed by atoms with Gasteiger partial charge in [0.05, 0.1) is 0 Å². The van der Waals surface area contributed by atoms with E-state index in [1.807, 2.05) is 0 Å². The van der Waals surface area contributed by atoms with Crippen LogP contribution < -0.4 is 0 Å². The van der Waals surface area contributed by atoms with Crippen molar-refractivity contribution in [2.75, 3.05) is 6.54 Å². The highest BCUT2D eigenvalue weighted by molar-refractivity contribution is 5.75. The van der Waals surface area contributed by atoms with Gasteiger partial charge >= 0.3 is 5.97 Å².